The minimum Gasteiger partial charge on any atom is -0.387 e. The van der Waals surface area contributed by atoms with Crippen molar-refractivity contribution in [1.29, 1.82) is 0 Å². The first kappa shape index (κ1) is 15.1. The monoisotopic (exact) mass is 306 g/mol. The zero-order valence-corrected chi connectivity index (χ0v) is 12.2. The van der Waals surface area contributed by atoms with Crippen LogP contribution in [0.25, 0.3) is 0 Å². The largest absolute Gasteiger partial charge is 0.387 e. The molecule has 0 spiro atoms. The lowest BCUT2D eigenvalue weighted by Gasteiger charge is -2.34. The highest BCUT2D eigenvalue weighted by atomic mass is 19.1. The van der Waals surface area contributed by atoms with Crippen molar-refractivity contribution in [1.82, 2.24) is 19.7 Å². The lowest BCUT2D eigenvalue weighted by molar-refractivity contribution is -0.0489. The molecule has 2 heterocycles. The summed E-state index contributed by atoms with van der Waals surface area (Å²) in [6.45, 7) is 2.98. The number of morpholine rings is 1. The van der Waals surface area contributed by atoms with E-state index in [1.54, 1.807) is 29.2 Å². The number of halogens is 1. The number of aliphatic hydroxyl groups is 1. The molecular formula is C15H19FN4O2. The van der Waals surface area contributed by atoms with Crippen LogP contribution in [-0.4, -0.2) is 57.1 Å². The molecule has 118 valence electrons. The van der Waals surface area contributed by atoms with Crippen molar-refractivity contribution in [2.75, 3.05) is 26.2 Å². The maximum absolute atomic E-state index is 13.7. The Morgan fingerprint density at radius 2 is 2.27 bits per heavy atom. The van der Waals surface area contributed by atoms with Gasteiger partial charge in [-0.25, -0.2) is 9.37 Å². The summed E-state index contributed by atoms with van der Waals surface area (Å²) in [6.07, 6.45) is 2.29. The highest BCUT2D eigenvalue weighted by Gasteiger charge is 2.24. The van der Waals surface area contributed by atoms with Gasteiger partial charge in [-0.15, -0.1) is 0 Å². The molecule has 3 rings (SSSR count). The number of hydrogen-bond donors (Lipinski definition) is 1. The summed E-state index contributed by atoms with van der Waals surface area (Å²) in [5, 5.41) is 14.3. The predicted molar refractivity (Wildman–Crippen MR) is 77.6 cm³/mol. The Morgan fingerprint density at radius 3 is 3.05 bits per heavy atom. The summed E-state index contributed by atoms with van der Waals surface area (Å²) < 4.78 is 21.1. The molecule has 1 aliphatic heterocycles. The molecule has 0 radical (unpaired) electrons. The Labute approximate surface area is 128 Å². The van der Waals surface area contributed by atoms with Gasteiger partial charge in [0.25, 0.3) is 0 Å². The van der Waals surface area contributed by atoms with Crippen LogP contribution in [0.3, 0.4) is 0 Å². The van der Waals surface area contributed by atoms with Gasteiger partial charge in [0, 0.05) is 25.2 Å². The van der Waals surface area contributed by atoms with E-state index in [-0.39, 0.29) is 11.9 Å². The van der Waals surface area contributed by atoms with E-state index in [0.717, 1.165) is 6.54 Å². The number of nitrogens with zero attached hydrogens (tertiary/aromatic N) is 4. The molecule has 0 bridgehead atoms. The number of β-amino-alcohol motifs (C(OH)–C–C–N with tert-alkyl or cyclic N) is 1. The minimum absolute atomic E-state index is 0.0109. The van der Waals surface area contributed by atoms with E-state index in [1.165, 1.54) is 12.4 Å². The molecule has 6 nitrogen and oxygen atoms in total. The molecule has 1 N–H and O–H groups in total. The zero-order chi connectivity index (χ0) is 15.4. The normalized spacial score (nSPS) is 20.9. The Hall–Kier alpha value is -1.83. The van der Waals surface area contributed by atoms with Gasteiger partial charge in [0.1, 0.15) is 18.5 Å². The lowest BCUT2D eigenvalue weighted by Crippen LogP contribution is -2.45. The van der Waals surface area contributed by atoms with Gasteiger partial charge in [-0.05, 0) is 6.07 Å². The van der Waals surface area contributed by atoms with Crippen LogP contribution in [0.2, 0.25) is 0 Å². The molecule has 7 heteroatoms. The fraction of sp³-hybridized carbons (Fsp3) is 0.467. The topological polar surface area (TPSA) is 63.4 Å². The van der Waals surface area contributed by atoms with E-state index in [1.807, 2.05) is 0 Å². The number of aromatic nitrogens is 3. The summed E-state index contributed by atoms with van der Waals surface area (Å²) >= 11 is 0. The van der Waals surface area contributed by atoms with Crippen LogP contribution >= 0.6 is 0 Å². The van der Waals surface area contributed by atoms with Crippen LogP contribution in [0.15, 0.2) is 36.9 Å². The summed E-state index contributed by atoms with van der Waals surface area (Å²) in [4.78, 5) is 5.99. The minimum atomic E-state index is -0.841. The number of rotatable bonds is 5. The van der Waals surface area contributed by atoms with E-state index in [2.05, 4.69) is 15.0 Å². The van der Waals surface area contributed by atoms with Crippen molar-refractivity contribution in [3.05, 3.63) is 48.3 Å². The first-order valence-corrected chi connectivity index (χ1v) is 7.31. The zero-order valence-electron chi connectivity index (χ0n) is 12.2. The van der Waals surface area contributed by atoms with E-state index < -0.39 is 6.10 Å². The van der Waals surface area contributed by atoms with Gasteiger partial charge < -0.3 is 9.84 Å². The highest BCUT2D eigenvalue weighted by molar-refractivity contribution is 5.20. The van der Waals surface area contributed by atoms with Crippen LogP contribution in [0.5, 0.6) is 0 Å². The molecule has 0 amide bonds. The van der Waals surface area contributed by atoms with Crippen molar-refractivity contribution < 1.29 is 14.2 Å². The second-order valence-corrected chi connectivity index (χ2v) is 5.41. The maximum Gasteiger partial charge on any atom is 0.137 e. The van der Waals surface area contributed by atoms with Crippen molar-refractivity contribution in [2.24, 2.45) is 0 Å². The molecule has 0 aliphatic carbocycles. The third-order valence-electron chi connectivity index (χ3n) is 3.78. The summed E-state index contributed by atoms with van der Waals surface area (Å²) in [5.41, 5.74) is 0.335. The fourth-order valence-corrected chi connectivity index (χ4v) is 2.68. The van der Waals surface area contributed by atoms with Crippen LogP contribution in [0.1, 0.15) is 11.7 Å². The van der Waals surface area contributed by atoms with Gasteiger partial charge in [-0.2, -0.15) is 5.10 Å². The van der Waals surface area contributed by atoms with Crippen molar-refractivity contribution >= 4 is 0 Å². The summed E-state index contributed by atoms with van der Waals surface area (Å²) in [6, 6.07) is 6.33. The van der Waals surface area contributed by atoms with E-state index in [9.17, 15) is 9.50 Å². The van der Waals surface area contributed by atoms with Crippen molar-refractivity contribution in [3.63, 3.8) is 0 Å². The molecule has 2 unspecified atom stereocenters. The molecule has 0 saturated carbocycles. The number of aliphatic hydroxyl groups excluding tert-OH is 1. The molecule has 1 aromatic carbocycles. The lowest BCUT2D eigenvalue weighted by atomic mass is 10.1. The SMILES string of the molecule is OC(CN1CCOC(Cn2cncn2)C1)c1ccccc1F. The molecule has 2 atom stereocenters. The molecule has 22 heavy (non-hydrogen) atoms. The first-order chi connectivity index (χ1) is 10.7. The third-order valence-corrected chi connectivity index (χ3v) is 3.78. The highest BCUT2D eigenvalue weighted by Crippen LogP contribution is 2.19. The fourth-order valence-electron chi connectivity index (χ4n) is 2.68. The Balaban J connectivity index is 1.57. The van der Waals surface area contributed by atoms with Crippen LogP contribution in [0, 0.1) is 5.82 Å². The summed E-state index contributed by atoms with van der Waals surface area (Å²) in [5.74, 6) is -0.373. The van der Waals surface area contributed by atoms with Gasteiger partial charge in [-0.1, -0.05) is 18.2 Å². The predicted octanol–water partition coefficient (Wildman–Crippen LogP) is 0.852. The number of hydrogen-bond acceptors (Lipinski definition) is 5. The maximum atomic E-state index is 13.7. The van der Waals surface area contributed by atoms with E-state index in [0.29, 0.717) is 31.8 Å². The second-order valence-electron chi connectivity index (χ2n) is 5.41. The second kappa shape index (κ2) is 6.95. The Morgan fingerprint density at radius 1 is 1.41 bits per heavy atom. The number of ether oxygens (including phenoxy) is 1. The Bertz CT molecular complexity index is 593. The van der Waals surface area contributed by atoms with Gasteiger partial charge in [-0.3, -0.25) is 9.58 Å². The quantitative estimate of drug-likeness (QED) is 0.887. The third kappa shape index (κ3) is 3.68. The Kier molecular flexibility index (Phi) is 4.77. The van der Waals surface area contributed by atoms with Crippen LogP contribution in [-0.2, 0) is 11.3 Å². The van der Waals surface area contributed by atoms with Gasteiger partial charge >= 0.3 is 0 Å². The van der Waals surface area contributed by atoms with Crippen LogP contribution < -0.4 is 0 Å². The average Bonchev–Trinajstić information content (AvgIpc) is 3.01. The average molecular weight is 306 g/mol. The molecule has 2 aromatic rings. The van der Waals surface area contributed by atoms with E-state index >= 15 is 0 Å². The molecule has 1 aliphatic rings. The molecule has 1 saturated heterocycles. The molecule has 1 aromatic heterocycles. The smallest absolute Gasteiger partial charge is 0.137 e. The van der Waals surface area contributed by atoms with Crippen molar-refractivity contribution in [2.45, 2.75) is 18.8 Å². The standard InChI is InChI=1S/C15H19FN4O2/c16-14-4-2-1-3-13(14)15(21)9-19-5-6-22-12(7-19)8-20-11-17-10-18-20/h1-4,10-12,15,21H,5-9H2. The van der Waals surface area contributed by atoms with Crippen LogP contribution in [0.4, 0.5) is 4.39 Å². The van der Waals surface area contributed by atoms with Gasteiger partial charge in [0.05, 0.1) is 25.4 Å². The van der Waals surface area contributed by atoms with E-state index in [4.69, 9.17) is 4.74 Å². The summed E-state index contributed by atoms with van der Waals surface area (Å²) in [7, 11) is 0. The van der Waals surface area contributed by atoms with Crippen molar-refractivity contribution in [3.8, 4) is 0 Å². The van der Waals surface area contributed by atoms with Gasteiger partial charge in [0.2, 0.25) is 0 Å². The molecular weight excluding hydrogens is 287 g/mol. The number of benzene rings is 1. The molecule has 1 fully saturated rings. The first-order valence-electron chi connectivity index (χ1n) is 7.31. The van der Waals surface area contributed by atoms with Gasteiger partial charge in [0.15, 0.2) is 0 Å².